The number of fused-ring (bicyclic) bond motifs is 1. The van der Waals surface area contributed by atoms with Gasteiger partial charge in [-0.1, -0.05) is 48.9 Å². The Morgan fingerprint density at radius 3 is 2.24 bits per heavy atom. The van der Waals surface area contributed by atoms with E-state index in [-0.39, 0.29) is 5.88 Å². The minimum absolute atomic E-state index is 0.0652. The Hall–Kier alpha value is -3.77. The number of benzene rings is 3. The van der Waals surface area contributed by atoms with Crippen LogP contribution in [0, 0.1) is 0 Å². The Labute approximate surface area is 218 Å². The van der Waals surface area contributed by atoms with Crippen LogP contribution in [0.15, 0.2) is 71.7 Å². The molecule has 1 fully saturated rings. The third-order valence-electron chi connectivity index (χ3n) is 6.76. The van der Waals surface area contributed by atoms with Gasteiger partial charge < -0.3 is 19.6 Å². The first-order valence-electron chi connectivity index (χ1n) is 13.3. The van der Waals surface area contributed by atoms with Gasteiger partial charge in [0.2, 0.25) is 0 Å². The van der Waals surface area contributed by atoms with Crippen molar-refractivity contribution in [3.05, 3.63) is 83.4 Å². The number of aromatic hydroxyl groups is 1. The molecule has 0 spiro atoms. The zero-order valence-electron chi connectivity index (χ0n) is 21.7. The molecule has 2 N–H and O–H groups in total. The number of piperidine rings is 1. The first-order chi connectivity index (χ1) is 18.2. The van der Waals surface area contributed by atoms with Crippen LogP contribution in [0.3, 0.4) is 0 Å². The molecular weight excluding hydrogens is 462 g/mol. The maximum atomic E-state index is 11.1. The van der Waals surface area contributed by atoms with Crippen molar-refractivity contribution in [3.63, 3.8) is 0 Å². The van der Waals surface area contributed by atoms with Crippen molar-refractivity contribution in [1.29, 1.82) is 0 Å². The highest BCUT2D eigenvalue weighted by molar-refractivity contribution is 6.22. The summed E-state index contributed by atoms with van der Waals surface area (Å²) in [6.45, 7) is 8.24. The van der Waals surface area contributed by atoms with E-state index >= 15 is 0 Å². The molecule has 0 bridgehead atoms. The van der Waals surface area contributed by atoms with E-state index in [1.807, 2.05) is 56.3 Å². The fourth-order valence-corrected chi connectivity index (χ4v) is 5.01. The molecule has 1 saturated heterocycles. The van der Waals surface area contributed by atoms with E-state index in [2.05, 4.69) is 34.1 Å². The predicted octanol–water partition coefficient (Wildman–Crippen LogP) is 6.83. The SMILES string of the molecule is CCOc1cc2[nH]c(O)c(C(=Nc3ccc(CN4CCCCC4)cc3)c3ccccc3)c2cc1OCC. The minimum Gasteiger partial charge on any atom is -0.494 e. The quantitative estimate of drug-likeness (QED) is 0.249. The van der Waals surface area contributed by atoms with Crippen LogP contribution in [-0.2, 0) is 6.54 Å². The molecule has 1 aromatic heterocycles. The number of nitrogens with one attached hydrogen (secondary N) is 1. The van der Waals surface area contributed by atoms with Gasteiger partial charge in [0.15, 0.2) is 17.4 Å². The summed E-state index contributed by atoms with van der Waals surface area (Å²) in [5.41, 5.74) is 5.15. The molecule has 2 heterocycles. The molecule has 4 aromatic rings. The topological polar surface area (TPSA) is 70.1 Å². The summed E-state index contributed by atoms with van der Waals surface area (Å²) < 4.78 is 11.7. The smallest absolute Gasteiger partial charge is 0.199 e. The predicted molar refractivity (Wildman–Crippen MR) is 150 cm³/mol. The third-order valence-corrected chi connectivity index (χ3v) is 6.76. The van der Waals surface area contributed by atoms with Crippen molar-refractivity contribution in [3.8, 4) is 17.4 Å². The van der Waals surface area contributed by atoms with Gasteiger partial charge in [-0.2, -0.15) is 0 Å². The van der Waals surface area contributed by atoms with E-state index < -0.39 is 0 Å². The third kappa shape index (κ3) is 5.65. The van der Waals surface area contributed by atoms with E-state index in [1.165, 1.54) is 37.9 Å². The van der Waals surface area contributed by atoms with Crippen LogP contribution in [0.4, 0.5) is 5.69 Å². The molecule has 1 aliphatic heterocycles. The standard InChI is InChI=1S/C31H35N3O3/c1-3-36-27-19-25-26(20-28(27)37-4-2)33-31(35)29(25)30(23-11-7-5-8-12-23)32-24-15-13-22(14-16-24)21-34-17-9-6-10-18-34/h5,7-8,11-16,19-20,33,35H,3-4,6,9-10,17-18,21H2,1-2H3. The molecule has 0 unspecified atom stereocenters. The highest BCUT2D eigenvalue weighted by Crippen LogP contribution is 2.38. The molecule has 3 aromatic carbocycles. The van der Waals surface area contributed by atoms with Gasteiger partial charge in [0, 0.05) is 23.6 Å². The van der Waals surface area contributed by atoms with Crippen LogP contribution in [0.5, 0.6) is 17.4 Å². The summed E-state index contributed by atoms with van der Waals surface area (Å²) in [4.78, 5) is 10.7. The molecule has 192 valence electrons. The number of aromatic amines is 1. The van der Waals surface area contributed by atoms with Gasteiger partial charge in [0.1, 0.15) is 0 Å². The number of aliphatic imine (C=N–C) groups is 1. The minimum atomic E-state index is 0.0652. The molecule has 0 amide bonds. The van der Waals surface area contributed by atoms with Crippen molar-refractivity contribution in [1.82, 2.24) is 9.88 Å². The zero-order chi connectivity index (χ0) is 25.6. The largest absolute Gasteiger partial charge is 0.494 e. The summed E-state index contributed by atoms with van der Waals surface area (Å²) in [7, 11) is 0. The maximum absolute atomic E-state index is 11.1. The molecule has 0 saturated carbocycles. The van der Waals surface area contributed by atoms with E-state index in [9.17, 15) is 5.11 Å². The average Bonchev–Trinajstić information content (AvgIpc) is 3.24. The van der Waals surface area contributed by atoms with Crippen molar-refractivity contribution < 1.29 is 14.6 Å². The lowest BCUT2D eigenvalue weighted by molar-refractivity contribution is 0.221. The van der Waals surface area contributed by atoms with E-state index in [1.54, 1.807) is 0 Å². The Morgan fingerprint density at radius 2 is 1.57 bits per heavy atom. The van der Waals surface area contributed by atoms with E-state index in [0.717, 1.165) is 28.7 Å². The summed E-state index contributed by atoms with van der Waals surface area (Å²) in [5.74, 6) is 1.36. The van der Waals surface area contributed by atoms with Gasteiger partial charge in [0.05, 0.1) is 35.7 Å². The Balaban J connectivity index is 1.56. The number of likely N-dealkylation sites (tertiary alicyclic amines) is 1. The Bertz CT molecular complexity index is 1350. The lowest BCUT2D eigenvalue weighted by Gasteiger charge is -2.26. The molecule has 1 aliphatic rings. The second-order valence-corrected chi connectivity index (χ2v) is 9.39. The lowest BCUT2D eigenvalue weighted by Crippen LogP contribution is -2.28. The highest BCUT2D eigenvalue weighted by Gasteiger charge is 2.21. The van der Waals surface area contributed by atoms with Crippen molar-refractivity contribution in [2.24, 2.45) is 4.99 Å². The number of H-pyrrole nitrogens is 1. The summed E-state index contributed by atoms with van der Waals surface area (Å²) >= 11 is 0. The van der Waals surface area contributed by atoms with Gasteiger partial charge in [-0.25, -0.2) is 4.99 Å². The molecule has 6 heteroatoms. The number of ether oxygens (including phenoxy) is 2. The first-order valence-corrected chi connectivity index (χ1v) is 13.3. The van der Waals surface area contributed by atoms with Crippen molar-refractivity contribution in [2.75, 3.05) is 26.3 Å². The summed E-state index contributed by atoms with van der Waals surface area (Å²) in [6, 6.07) is 22.2. The molecule has 0 atom stereocenters. The number of rotatable bonds is 9. The van der Waals surface area contributed by atoms with Crippen LogP contribution in [0.25, 0.3) is 10.9 Å². The molecule has 37 heavy (non-hydrogen) atoms. The van der Waals surface area contributed by atoms with Crippen LogP contribution in [-0.4, -0.2) is 47.0 Å². The zero-order valence-corrected chi connectivity index (χ0v) is 21.7. The molecule has 0 radical (unpaired) electrons. The Morgan fingerprint density at radius 1 is 0.892 bits per heavy atom. The number of aromatic nitrogens is 1. The molecule has 6 nitrogen and oxygen atoms in total. The monoisotopic (exact) mass is 497 g/mol. The van der Waals surface area contributed by atoms with Crippen molar-refractivity contribution >= 4 is 22.3 Å². The molecular formula is C31H35N3O3. The summed E-state index contributed by atoms with van der Waals surface area (Å²) in [6.07, 6.45) is 3.91. The number of hydrogen-bond acceptors (Lipinski definition) is 5. The second-order valence-electron chi connectivity index (χ2n) is 9.39. The Kier molecular flexibility index (Phi) is 7.76. The van der Waals surface area contributed by atoms with Gasteiger partial charge in [-0.15, -0.1) is 0 Å². The second kappa shape index (κ2) is 11.5. The fraction of sp³-hybridized carbons (Fsp3) is 0.323. The molecule has 0 aliphatic carbocycles. The van der Waals surface area contributed by atoms with E-state index in [4.69, 9.17) is 14.5 Å². The van der Waals surface area contributed by atoms with Crippen LogP contribution < -0.4 is 9.47 Å². The lowest BCUT2D eigenvalue weighted by atomic mass is 10.0. The van der Waals surface area contributed by atoms with Gasteiger partial charge >= 0.3 is 0 Å². The maximum Gasteiger partial charge on any atom is 0.199 e. The van der Waals surface area contributed by atoms with Crippen LogP contribution >= 0.6 is 0 Å². The van der Waals surface area contributed by atoms with Gasteiger partial charge in [-0.05, 0) is 63.5 Å². The first kappa shape index (κ1) is 24.9. The number of hydrogen-bond donors (Lipinski definition) is 2. The summed E-state index contributed by atoms with van der Waals surface area (Å²) in [5, 5.41) is 11.9. The fourth-order valence-electron chi connectivity index (χ4n) is 5.01. The number of nitrogens with zero attached hydrogens (tertiary/aromatic N) is 2. The van der Waals surface area contributed by atoms with Crippen LogP contribution in [0.2, 0.25) is 0 Å². The normalized spacial score (nSPS) is 14.7. The highest BCUT2D eigenvalue weighted by atomic mass is 16.5. The average molecular weight is 498 g/mol. The van der Waals surface area contributed by atoms with Crippen molar-refractivity contribution in [2.45, 2.75) is 39.7 Å². The van der Waals surface area contributed by atoms with Gasteiger partial charge in [-0.3, -0.25) is 4.90 Å². The van der Waals surface area contributed by atoms with Crippen LogP contribution in [0.1, 0.15) is 49.8 Å². The van der Waals surface area contributed by atoms with E-state index in [0.29, 0.717) is 36.0 Å². The van der Waals surface area contributed by atoms with Gasteiger partial charge in [0.25, 0.3) is 0 Å². The molecule has 5 rings (SSSR count).